The van der Waals surface area contributed by atoms with E-state index < -0.39 is 0 Å². The van der Waals surface area contributed by atoms with Crippen LogP contribution in [0.5, 0.6) is 5.75 Å². The number of fused-ring (bicyclic) bond motifs is 1. The lowest BCUT2D eigenvalue weighted by Gasteiger charge is -2.36. The van der Waals surface area contributed by atoms with Crippen LogP contribution in [0.1, 0.15) is 37.6 Å². The predicted molar refractivity (Wildman–Crippen MR) is 113 cm³/mol. The van der Waals surface area contributed by atoms with E-state index >= 15 is 0 Å². The number of aromatic amines is 1. The van der Waals surface area contributed by atoms with Gasteiger partial charge in [-0.25, -0.2) is 4.98 Å². The first-order valence-electron chi connectivity index (χ1n) is 10.5. The molecule has 0 unspecified atom stereocenters. The number of H-pyrrole nitrogens is 1. The maximum absolute atomic E-state index is 12.7. The maximum Gasteiger partial charge on any atom is 0.255 e. The molecule has 2 aliphatic rings. The number of benzene rings is 1. The van der Waals surface area contributed by atoms with Crippen LogP contribution in [-0.4, -0.2) is 53.3 Å². The van der Waals surface area contributed by atoms with Gasteiger partial charge >= 0.3 is 0 Å². The average Bonchev–Trinajstić information content (AvgIpc) is 2.68. The molecule has 1 saturated heterocycles. The van der Waals surface area contributed by atoms with Gasteiger partial charge < -0.3 is 14.4 Å². The first-order valence-corrected chi connectivity index (χ1v) is 10.5. The Morgan fingerprint density at radius 3 is 2.76 bits per heavy atom. The van der Waals surface area contributed by atoms with Crippen LogP contribution in [0.3, 0.4) is 0 Å². The van der Waals surface area contributed by atoms with E-state index in [2.05, 4.69) is 34.7 Å². The molecule has 0 amide bonds. The number of aromatic nitrogens is 2. The fraction of sp³-hybridized carbons (Fsp3) is 0.545. The Balaban J connectivity index is 1.54. The molecule has 0 aliphatic carbocycles. The number of anilines is 1. The van der Waals surface area contributed by atoms with Crippen LogP contribution in [0.15, 0.2) is 29.1 Å². The van der Waals surface area contributed by atoms with E-state index in [1.165, 1.54) is 5.56 Å². The minimum absolute atomic E-state index is 0.00818. The molecule has 1 fully saturated rings. The summed E-state index contributed by atoms with van der Waals surface area (Å²) in [6, 6.07) is 8.15. The Hall–Kier alpha value is -2.38. The van der Waals surface area contributed by atoms with Gasteiger partial charge in [-0.05, 0) is 33.3 Å². The molecule has 0 bridgehead atoms. The van der Waals surface area contributed by atoms with E-state index in [0.717, 1.165) is 43.2 Å². The molecule has 7 nitrogen and oxygen atoms in total. The molecule has 3 heterocycles. The molecule has 4 rings (SSSR count). The standard InChI is InChI=1S/C22H30N4O3/c1-4-28-20-8-6-5-7-17(20)13-25-10-9-18-19(14-25)23-22(24-21(18)27)26-11-15(2)29-16(3)12-26/h5-8,15-16H,4,9-14H2,1-3H3,(H,23,24,27)/t15-,16+. The second kappa shape index (κ2) is 8.55. The summed E-state index contributed by atoms with van der Waals surface area (Å²) < 4.78 is 11.6. The third-order valence-corrected chi connectivity index (χ3v) is 5.53. The summed E-state index contributed by atoms with van der Waals surface area (Å²) in [6.07, 6.45) is 0.947. The third-order valence-electron chi connectivity index (χ3n) is 5.53. The molecule has 0 spiro atoms. The largest absolute Gasteiger partial charge is 0.494 e. The predicted octanol–water partition coefficient (Wildman–Crippen LogP) is 2.34. The molecule has 2 aliphatic heterocycles. The SMILES string of the molecule is CCOc1ccccc1CN1CCc2c(nc(N3C[C@@H](C)O[C@@H](C)C3)[nH]c2=O)C1. The van der Waals surface area contributed by atoms with Gasteiger partial charge in [-0.3, -0.25) is 14.7 Å². The van der Waals surface area contributed by atoms with Gasteiger partial charge in [-0.1, -0.05) is 18.2 Å². The Bertz CT molecular complexity index is 903. The van der Waals surface area contributed by atoms with Crippen LogP contribution in [0.4, 0.5) is 5.95 Å². The van der Waals surface area contributed by atoms with Gasteiger partial charge in [0.25, 0.3) is 5.56 Å². The first-order chi connectivity index (χ1) is 14.0. The van der Waals surface area contributed by atoms with Crippen molar-refractivity contribution in [3.8, 4) is 5.75 Å². The number of hydrogen-bond donors (Lipinski definition) is 1. The first kappa shape index (κ1) is 19.9. The number of para-hydroxylation sites is 1. The monoisotopic (exact) mass is 398 g/mol. The molecule has 1 N–H and O–H groups in total. The lowest BCUT2D eigenvalue weighted by Crippen LogP contribution is -2.47. The molecule has 1 aromatic heterocycles. The van der Waals surface area contributed by atoms with Crippen molar-refractivity contribution in [1.82, 2.24) is 14.9 Å². The number of ether oxygens (including phenoxy) is 2. The molecule has 2 aromatic rings. The Morgan fingerprint density at radius 2 is 2.00 bits per heavy atom. The molecule has 0 saturated carbocycles. The highest BCUT2D eigenvalue weighted by molar-refractivity contribution is 5.36. The van der Waals surface area contributed by atoms with E-state index in [4.69, 9.17) is 14.5 Å². The summed E-state index contributed by atoms with van der Waals surface area (Å²) in [7, 11) is 0. The molecule has 29 heavy (non-hydrogen) atoms. The third kappa shape index (κ3) is 4.46. The zero-order valence-electron chi connectivity index (χ0n) is 17.5. The minimum atomic E-state index is -0.00818. The van der Waals surface area contributed by atoms with Crippen LogP contribution in [0, 0.1) is 0 Å². The van der Waals surface area contributed by atoms with Gasteiger partial charge in [0.15, 0.2) is 0 Å². The summed E-state index contributed by atoms with van der Waals surface area (Å²) in [5, 5.41) is 0. The summed E-state index contributed by atoms with van der Waals surface area (Å²) in [4.78, 5) is 25.0. The smallest absolute Gasteiger partial charge is 0.255 e. The summed E-state index contributed by atoms with van der Waals surface area (Å²) in [6.45, 7) is 10.5. The zero-order valence-corrected chi connectivity index (χ0v) is 17.5. The molecular formula is C22H30N4O3. The van der Waals surface area contributed by atoms with Crippen LogP contribution in [0.25, 0.3) is 0 Å². The van der Waals surface area contributed by atoms with E-state index in [-0.39, 0.29) is 17.8 Å². The van der Waals surface area contributed by atoms with Gasteiger partial charge in [0.05, 0.1) is 24.5 Å². The lowest BCUT2D eigenvalue weighted by molar-refractivity contribution is -0.00576. The van der Waals surface area contributed by atoms with Crippen molar-refractivity contribution in [1.29, 1.82) is 0 Å². The second-order valence-corrected chi connectivity index (χ2v) is 7.98. The Morgan fingerprint density at radius 1 is 1.24 bits per heavy atom. The topological polar surface area (TPSA) is 70.7 Å². The van der Waals surface area contributed by atoms with E-state index in [0.29, 0.717) is 25.5 Å². The van der Waals surface area contributed by atoms with Crippen LogP contribution in [0.2, 0.25) is 0 Å². The molecule has 0 radical (unpaired) electrons. The quantitative estimate of drug-likeness (QED) is 0.834. The summed E-state index contributed by atoms with van der Waals surface area (Å²) >= 11 is 0. The molecule has 7 heteroatoms. The number of rotatable bonds is 5. The highest BCUT2D eigenvalue weighted by atomic mass is 16.5. The van der Waals surface area contributed by atoms with Gasteiger partial charge in [-0.2, -0.15) is 0 Å². The number of nitrogens with zero attached hydrogens (tertiary/aromatic N) is 3. The van der Waals surface area contributed by atoms with Gasteiger partial charge in [0, 0.05) is 43.9 Å². The van der Waals surface area contributed by atoms with Crippen LogP contribution < -0.4 is 15.2 Å². The van der Waals surface area contributed by atoms with Crippen molar-refractivity contribution in [2.75, 3.05) is 31.1 Å². The van der Waals surface area contributed by atoms with Crippen molar-refractivity contribution >= 4 is 5.95 Å². The summed E-state index contributed by atoms with van der Waals surface area (Å²) in [5.41, 5.74) is 2.86. The van der Waals surface area contributed by atoms with E-state index in [1.807, 2.05) is 25.1 Å². The molecule has 2 atom stereocenters. The normalized spacial score (nSPS) is 22.4. The Labute approximate surface area is 171 Å². The molecule has 156 valence electrons. The zero-order chi connectivity index (χ0) is 20.4. The van der Waals surface area contributed by atoms with Crippen molar-refractivity contribution in [2.24, 2.45) is 0 Å². The van der Waals surface area contributed by atoms with Crippen LogP contribution >= 0.6 is 0 Å². The number of hydrogen-bond acceptors (Lipinski definition) is 6. The van der Waals surface area contributed by atoms with Gasteiger partial charge in [0.2, 0.25) is 5.95 Å². The fourth-order valence-corrected chi connectivity index (χ4v) is 4.29. The highest BCUT2D eigenvalue weighted by Crippen LogP contribution is 2.24. The maximum atomic E-state index is 12.7. The van der Waals surface area contributed by atoms with Gasteiger partial charge in [-0.15, -0.1) is 0 Å². The average molecular weight is 399 g/mol. The van der Waals surface area contributed by atoms with Crippen molar-refractivity contribution < 1.29 is 9.47 Å². The fourth-order valence-electron chi connectivity index (χ4n) is 4.29. The van der Waals surface area contributed by atoms with Crippen molar-refractivity contribution in [2.45, 2.75) is 52.5 Å². The Kier molecular flexibility index (Phi) is 5.87. The van der Waals surface area contributed by atoms with Crippen molar-refractivity contribution in [3.63, 3.8) is 0 Å². The highest BCUT2D eigenvalue weighted by Gasteiger charge is 2.27. The minimum Gasteiger partial charge on any atom is -0.494 e. The number of nitrogens with one attached hydrogen (secondary N) is 1. The van der Waals surface area contributed by atoms with Crippen LogP contribution in [-0.2, 0) is 24.2 Å². The van der Waals surface area contributed by atoms with E-state index in [1.54, 1.807) is 0 Å². The number of morpholine rings is 1. The van der Waals surface area contributed by atoms with Gasteiger partial charge in [0.1, 0.15) is 5.75 Å². The molecular weight excluding hydrogens is 368 g/mol. The molecule has 1 aromatic carbocycles. The van der Waals surface area contributed by atoms with Crippen molar-refractivity contribution in [3.05, 3.63) is 51.4 Å². The summed E-state index contributed by atoms with van der Waals surface area (Å²) in [5.74, 6) is 1.59. The lowest BCUT2D eigenvalue weighted by atomic mass is 10.1. The van der Waals surface area contributed by atoms with E-state index in [9.17, 15) is 4.79 Å². The second-order valence-electron chi connectivity index (χ2n) is 7.98.